The Morgan fingerprint density at radius 2 is 2.00 bits per heavy atom. The number of aliphatic carboxylic acids is 1. The Balaban J connectivity index is 1.94. The average Bonchev–Trinajstić information content (AvgIpc) is 2.80. The van der Waals surface area contributed by atoms with Crippen molar-refractivity contribution in [3.8, 4) is 0 Å². The van der Waals surface area contributed by atoms with E-state index in [2.05, 4.69) is 5.32 Å². The maximum absolute atomic E-state index is 11.5. The molecule has 100 valence electrons. The number of rotatable bonds is 9. The van der Waals surface area contributed by atoms with Crippen LogP contribution in [0.25, 0.3) is 0 Å². The van der Waals surface area contributed by atoms with Crippen LogP contribution in [0, 0.1) is 0 Å². The lowest BCUT2D eigenvalue weighted by Crippen LogP contribution is -2.25. The van der Waals surface area contributed by atoms with Crippen LogP contribution in [-0.4, -0.2) is 23.5 Å². The molecule has 0 aliphatic carbocycles. The summed E-state index contributed by atoms with van der Waals surface area (Å²) in [6, 6.07) is 3.89. The maximum Gasteiger partial charge on any atom is 0.303 e. The zero-order valence-corrected chi connectivity index (χ0v) is 11.2. The topological polar surface area (TPSA) is 66.4 Å². The van der Waals surface area contributed by atoms with Crippen molar-refractivity contribution in [1.29, 1.82) is 0 Å². The molecule has 4 nitrogen and oxygen atoms in total. The van der Waals surface area contributed by atoms with E-state index in [1.807, 2.05) is 17.5 Å². The van der Waals surface area contributed by atoms with Gasteiger partial charge in [-0.1, -0.05) is 18.9 Å². The lowest BCUT2D eigenvalue weighted by molar-refractivity contribution is -0.137. The molecule has 0 radical (unpaired) electrons. The first kappa shape index (κ1) is 14.7. The van der Waals surface area contributed by atoms with E-state index >= 15 is 0 Å². The summed E-state index contributed by atoms with van der Waals surface area (Å²) in [7, 11) is 0. The van der Waals surface area contributed by atoms with Gasteiger partial charge in [-0.2, -0.15) is 0 Å². The Bertz CT molecular complexity index is 362. The summed E-state index contributed by atoms with van der Waals surface area (Å²) in [6.07, 6.45) is 4.20. The number of thiophene rings is 1. The molecule has 0 bridgehead atoms. The van der Waals surface area contributed by atoms with Crippen LogP contribution in [0.3, 0.4) is 0 Å². The van der Waals surface area contributed by atoms with Gasteiger partial charge in [0.25, 0.3) is 0 Å². The van der Waals surface area contributed by atoms with Gasteiger partial charge in [0.1, 0.15) is 0 Å². The van der Waals surface area contributed by atoms with Gasteiger partial charge in [-0.25, -0.2) is 0 Å². The first-order valence-electron chi connectivity index (χ1n) is 6.19. The molecule has 1 aromatic heterocycles. The number of carbonyl (C=O) groups excluding carboxylic acids is 1. The minimum Gasteiger partial charge on any atom is -0.481 e. The SMILES string of the molecule is O=C(O)CCCCCCNC(=O)Cc1cccs1. The van der Waals surface area contributed by atoms with Crippen LogP contribution < -0.4 is 5.32 Å². The highest BCUT2D eigenvalue weighted by atomic mass is 32.1. The maximum atomic E-state index is 11.5. The second kappa shape index (κ2) is 8.69. The van der Waals surface area contributed by atoms with Gasteiger partial charge in [0.15, 0.2) is 0 Å². The Kier molecular flexibility index (Phi) is 7.10. The molecule has 0 fully saturated rings. The van der Waals surface area contributed by atoms with Crippen molar-refractivity contribution in [1.82, 2.24) is 5.32 Å². The number of amides is 1. The number of hydrogen-bond acceptors (Lipinski definition) is 3. The van der Waals surface area contributed by atoms with Crippen LogP contribution in [0.4, 0.5) is 0 Å². The molecule has 18 heavy (non-hydrogen) atoms. The van der Waals surface area contributed by atoms with Gasteiger partial charge in [0, 0.05) is 17.8 Å². The van der Waals surface area contributed by atoms with Crippen molar-refractivity contribution in [2.45, 2.75) is 38.5 Å². The molecular formula is C13H19NO3S. The van der Waals surface area contributed by atoms with Gasteiger partial charge in [0.2, 0.25) is 5.91 Å². The molecule has 0 saturated carbocycles. The summed E-state index contributed by atoms with van der Waals surface area (Å²) < 4.78 is 0. The van der Waals surface area contributed by atoms with Gasteiger partial charge < -0.3 is 10.4 Å². The van der Waals surface area contributed by atoms with Crippen molar-refractivity contribution >= 4 is 23.2 Å². The van der Waals surface area contributed by atoms with Crippen LogP contribution in [0.1, 0.15) is 37.0 Å². The Hall–Kier alpha value is -1.36. The fourth-order valence-corrected chi connectivity index (χ4v) is 2.32. The quantitative estimate of drug-likeness (QED) is 0.677. The van der Waals surface area contributed by atoms with Crippen molar-refractivity contribution in [2.24, 2.45) is 0 Å². The molecule has 1 heterocycles. The summed E-state index contributed by atoms with van der Waals surface area (Å²) in [5, 5.41) is 13.3. The first-order valence-corrected chi connectivity index (χ1v) is 7.07. The monoisotopic (exact) mass is 269 g/mol. The molecule has 0 aromatic carbocycles. The highest BCUT2D eigenvalue weighted by molar-refractivity contribution is 7.10. The minimum absolute atomic E-state index is 0.0583. The third-order valence-corrected chi connectivity index (χ3v) is 3.43. The van der Waals surface area contributed by atoms with Crippen LogP contribution in [0.15, 0.2) is 17.5 Å². The lowest BCUT2D eigenvalue weighted by atomic mass is 10.1. The van der Waals surface area contributed by atoms with E-state index in [0.29, 0.717) is 13.0 Å². The van der Waals surface area contributed by atoms with Gasteiger partial charge in [-0.15, -0.1) is 11.3 Å². The minimum atomic E-state index is -0.737. The number of hydrogen-bond donors (Lipinski definition) is 2. The van der Waals surface area contributed by atoms with E-state index in [0.717, 1.165) is 30.6 Å². The third-order valence-electron chi connectivity index (χ3n) is 2.55. The number of nitrogens with one attached hydrogen (secondary N) is 1. The number of carboxylic acid groups (broad SMARTS) is 1. The van der Waals surface area contributed by atoms with Crippen LogP contribution in [0.2, 0.25) is 0 Å². The number of carboxylic acids is 1. The predicted octanol–water partition coefficient (Wildman–Crippen LogP) is 2.44. The van der Waals surface area contributed by atoms with Crippen molar-refractivity contribution < 1.29 is 14.7 Å². The van der Waals surface area contributed by atoms with E-state index in [9.17, 15) is 9.59 Å². The van der Waals surface area contributed by atoms with Crippen LogP contribution in [0.5, 0.6) is 0 Å². The summed E-state index contributed by atoms with van der Waals surface area (Å²) >= 11 is 1.59. The number of carbonyl (C=O) groups is 2. The summed E-state index contributed by atoms with van der Waals surface area (Å²) in [5.74, 6) is -0.678. The van der Waals surface area contributed by atoms with Crippen molar-refractivity contribution in [3.05, 3.63) is 22.4 Å². The molecule has 0 aliphatic rings. The van der Waals surface area contributed by atoms with Gasteiger partial charge in [-0.05, 0) is 24.3 Å². The highest BCUT2D eigenvalue weighted by Gasteiger charge is 2.03. The molecule has 1 aromatic rings. The molecular weight excluding hydrogens is 250 g/mol. The predicted molar refractivity (Wildman–Crippen MR) is 71.8 cm³/mol. The molecule has 1 amide bonds. The molecule has 0 saturated heterocycles. The van der Waals surface area contributed by atoms with E-state index in [1.54, 1.807) is 11.3 Å². The fourth-order valence-electron chi connectivity index (χ4n) is 1.62. The third kappa shape index (κ3) is 7.06. The van der Waals surface area contributed by atoms with Gasteiger partial charge >= 0.3 is 5.97 Å². The normalized spacial score (nSPS) is 10.2. The zero-order valence-electron chi connectivity index (χ0n) is 10.4. The van der Waals surface area contributed by atoms with Crippen LogP contribution in [-0.2, 0) is 16.0 Å². The Labute approximate surface area is 111 Å². The Morgan fingerprint density at radius 1 is 1.22 bits per heavy atom. The lowest BCUT2D eigenvalue weighted by Gasteiger charge is -2.04. The van der Waals surface area contributed by atoms with E-state index in [1.165, 1.54) is 0 Å². The standard InChI is InChI=1S/C13H19NO3S/c15-12(10-11-6-5-9-18-11)14-8-4-2-1-3-7-13(16)17/h5-6,9H,1-4,7-8,10H2,(H,14,15)(H,16,17). The Morgan fingerprint density at radius 3 is 2.67 bits per heavy atom. The highest BCUT2D eigenvalue weighted by Crippen LogP contribution is 2.08. The van der Waals surface area contributed by atoms with Crippen molar-refractivity contribution in [2.75, 3.05) is 6.54 Å². The zero-order chi connectivity index (χ0) is 13.2. The first-order chi connectivity index (χ1) is 8.68. The average molecular weight is 269 g/mol. The summed E-state index contributed by atoms with van der Waals surface area (Å²) in [4.78, 5) is 22.9. The molecule has 0 spiro atoms. The second-order valence-corrected chi connectivity index (χ2v) is 5.20. The van der Waals surface area contributed by atoms with Crippen molar-refractivity contribution in [3.63, 3.8) is 0 Å². The smallest absolute Gasteiger partial charge is 0.303 e. The fraction of sp³-hybridized carbons (Fsp3) is 0.538. The molecule has 2 N–H and O–H groups in total. The summed E-state index contributed by atoms with van der Waals surface area (Å²) in [6.45, 7) is 0.678. The molecule has 1 rings (SSSR count). The van der Waals surface area contributed by atoms with Gasteiger partial charge in [-0.3, -0.25) is 9.59 Å². The number of unbranched alkanes of at least 4 members (excludes halogenated alkanes) is 3. The molecule has 0 unspecified atom stereocenters. The van der Waals surface area contributed by atoms with Crippen LogP contribution >= 0.6 is 11.3 Å². The van der Waals surface area contributed by atoms with Gasteiger partial charge in [0.05, 0.1) is 6.42 Å². The van der Waals surface area contributed by atoms with E-state index < -0.39 is 5.97 Å². The summed E-state index contributed by atoms with van der Waals surface area (Å²) in [5.41, 5.74) is 0. The molecule has 0 atom stereocenters. The second-order valence-electron chi connectivity index (χ2n) is 4.16. The van der Waals surface area contributed by atoms with E-state index in [-0.39, 0.29) is 12.3 Å². The van der Waals surface area contributed by atoms with E-state index in [4.69, 9.17) is 5.11 Å². The molecule has 5 heteroatoms. The molecule has 0 aliphatic heterocycles. The largest absolute Gasteiger partial charge is 0.481 e.